The highest BCUT2D eigenvalue weighted by atomic mass is 35.5. The zero-order valence-corrected chi connectivity index (χ0v) is 21.7. The molecule has 190 valence electrons. The average molecular weight is 533 g/mol. The van der Waals surface area contributed by atoms with Gasteiger partial charge in [0, 0.05) is 48.0 Å². The second kappa shape index (κ2) is 9.57. The summed E-state index contributed by atoms with van der Waals surface area (Å²) >= 11 is 12.2. The Balaban J connectivity index is 1.57. The number of carbonyl (C=O) groups excluding carboxylic acids is 1. The van der Waals surface area contributed by atoms with Crippen LogP contribution in [-0.2, 0) is 6.54 Å². The van der Waals surface area contributed by atoms with Crippen LogP contribution in [0.3, 0.4) is 0 Å². The Kier molecular flexibility index (Phi) is 6.61. The zero-order chi connectivity index (χ0) is 25.7. The summed E-state index contributed by atoms with van der Waals surface area (Å²) in [6.45, 7) is 7.65. The third-order valence-electron chi connectivity index (χ3n) is 6.71. The largest absolute Gasteiger partial charge is 0.487 e. The van der Waals surface area contributed by atoms with Gasteiger partial charge in [0.05, 0.1) is 16.9 Å². The Morgan fingerprint density at radius 1 is 1.19 bits per heavy atom. The number of halogens is 3. The fourth-order valence-electron chi connectivity index (χ4n) is 5.11. The maximum absolute atomic E-state index is 15.6. The van der Waals surface area contributed by atoms with E-state index in [0.717, 1.165) is 0 Å². The topological polar surface area (TPSA) is 75.6 Å². The van der Waals surface area contributed by atoms with Crippen molar-refractivity contribution in [3.05, 3.63) is 67.7 Å². The van der Waals surface area contributed by atoms with E-state index in [9.17, 15) is 9.59 Å². The number of anilines is 1. The fraction of sp³-hybridized carbons (Fsp3) is 0.385. The van der Waals surface area contributed by atoms with Crippen LogP contribution in [0.15, 0.2) is 35.3 Å². The van der Waals surface area contributed by atoms with Crippen molar-refractivity contribution in [3.8, 4) is 5.75 Å². The van der Waals surface area contributed by atoms with Crippen molar-refractivity contribution in [2.24, 2.45) is 0 Å². The second-order valence-electron chi connectivity index (χ2n) is 9.66. The Morgan fingerprint density at radius 2 is 1.92 bits per heavy atom. The van der Waals surface area contributed by atoms with Crippen LogP contribution in [0.2, 0.25) is 10.0 Å². The molecular formula is C26H27Cl2FN4O3. The molecule has 3 aromatic rings. The van der Waals surface area contributed by atoms with E-state index in [1.54, 1.807) is 24.4 Å². The number of rotatable bonds is 4. The molecule has 3 heterocycles. The summed E-state index contributed by atoms with van der Waals surface area (Å²) in [7, 11) is 0. The maximum Gasteiger partial charge on any atom is 0.257 e. The van der Waals surface area contributed by atoms with Gasteiger partial charge in [-0.15, -0.1) is 0 Å². The number of pyridine rings is 1. The number of amides is 1. The molecule has 0 spiro atoms. The average Bonchev–Trinajstić information content (AvgIpc) is 2.81. The van der Waals surface area contributed by atoms with Crippen molar-refractivity contribution < 1.29 is 13.9 Å². The van der Waals surface area contributed by atoms with Gasteiger partial charge in [0.25, 0.3) is 5.91 Å². The summed E-state index contributed by atoms with van der Waals surface area (Å²) in [5.41, 5.74) is 0.913. The Hall–Kier alpha value is -2.81. The van der Waals surface area contributed by atoms with E-state index >= 15 is 4.39 Å². The molecular weight excluding hydrogens is 506 g/mol. The normalized spacial score (nSPS) is 21.4. The first-order chi connectivity index (χ1) is 17.1. The minimum Gasteiger partial charge on any atom is -0.487 e. The lowest BCUT2D eigenvalue weighted by Crippen LogP contribution is -2.54. The molecule has 1 aromatic heterocycles. The van der Waals surface area contributed by atoms with Crippen molar-refractivity contribution in [2.75, 3.05) is 24.6 Å². The van der Waals surface area contributed by atoms with Gasteiger partial charge >= 0.3 is 0 Å². The first-order valence-corrected chi connectivity index (χ1v) is 12.7. The minimum absolute atomic E-state index is 0.0659. The molecule has 1 fully saturated rings. The molecule has 0 aliphatic carbocycles. The van der Waals surface area contributed by atoms with Crippen LogP contribution in [0.5, 0.6) is 5.75 Å². The third kappa shape index (κ3) is 4.42. The number of nitrogens with one attached hydrogen (secondary N) is 2. The van der Waals surface area contributed by atoms with Crippen LogP contribution < -0.4 is 25.7 Å². The van der Waals surface area contributed by atoms with Gasteiger partial charge in [-0.2, -0.15) is 0 Å². The van der Waals surface area contributed by atoms with Crippen LogP contribution in [0.25, 0.3) is 10.9 Å². The van der Waals surface area contributed by atoms with Crippen LogP contribution in [-0.4, -0.2) is 42.3 Å². The molecule has 5 rings (SSSR count). The van der Waals surface area contributed by atoms with Crippen molar-refractivity contribution in [1.82, 2.24) is 15.2 Å². The summed E-state index contributed by atoms with van der Waals surface area (Å²) in [5.74, 6) is -0.755. The Morgan fingerprint density at radius 3 is 2.61 bits per heavy atom. The van der Waals surface area contributed by atoms with Crippen molar-refractivity contribution in [2.45, 2.75) is 45.4 Å². The van der Waals surface area contributed by atoms with Gasteiger partial charge < -0.3 is 24.8 Å². The van der Waals surface area contributed by atoms with Crippen LogP contribution in [0.1, 0.15) is 42.7 Å². The smallest absolute Gasteiger partial charge is 0.257 e. The summed E-state index contributed by atoms with van der Waals surface area (Å²) in [6, 6.07) is 6.39. The summed E-state index contributed by atoms with van der Waals surface area (Å²) in [5, 5.41) is 7.21. The van der Waals surface area contributed by atoms with Crippen molar-refractivity contribution in [1.29, 1.82) is 0 Å². The monoisotopic (exact) mass is 532 g/mol. The summed E-state index contributed by atoms with van der Waals surface area (Å²) in [6.07, 6.45) is 1.55. The standard InChI is InChI=1S/C26H27Cl2FN4O3/c1-13-9-32(10-14(2)31-13)23-21(29)7-18-22-25(23)36-12-15(3)33(22)11-19(24(18)34)26(35)30-8-16-4-5-17(27)6-20(16)28/h4-7,11,13-15,31H,8-10,12H2,1-3H3,(H,30,35)/t13?,14?,15-/m0/s1. The van der Waals surface area contributed by atoms with Gasteiger partial charge in [-0.05, 0) is 44.5 Å². The predicted octanol–water partition coefficient (Wildman–Crippen LogP) is 4.52. The van der Waals surface area contributed by atoms with Crippen molar-refractivity contribution >= 4 is 45.7 Å². The van der Waals surface area contributed by atoms with Crippen LogP contribution in [0.4, 0.5) is 10.1 Å². The highest BCUT2D eigenvalue weighted by molar-refractivity contribution is 6.35. The van der Waals surface area contributed by atoms with E-state index < -0.39 is 17.2 Å². The lowest BCUT2D eigenvalue weighted by Gasteiger charge is -2.39. The summed E-state index contributed by atoms with van der Waals surface area (Å²) < 4.78 is 23.5. The van der Waals surface area contributed by atoms with Gasteiger partial charge in [-0.3, -0.25) is 9.59 Å². The Bertz CT molecular complexity index is 1420. The predicted molar refractivity (Wildman–Crippen MR) is 140 cm³/mol. The second-order valence-corrected chi connectivity index (χ2v) is 10.5. The number of carbonyl (C=O) groups is 1. The van der Waals surface area contributed by atoms with E-state index in [1.807, 2.05) is 30.2 Å². The first-order valence-electron chi connectivity index (χ1n) is 11.9. The zero-order valence-electron chi connectivity index (χ0n) is 20.2. The lowest BCUT2D eigenvalue weighted by atomic mass is 10.0. The van der Waals surface area contributed by atoms with E-state index in [-0.39, 0.29) is 35.6 Å². The molecule has 2 unspecified atom stereocenters. The highest BCUT2D eigenvalue weighted by Gasteiger charge is 2.32. The number of ether oxygens (including phenoxy) is 1. The quantitative estimate of drug-likeness (QED) is 0.516. The van der Waals surface area contributed by atoms with Gasteiger partial charge in [0.2, 0.25) is 5.43 Å². The number of aromatic nitrogens is 1. The molecule has 7 nitrogen and oxygen atoms in total. The molecule has 2 aliphatic rings. The van der Waals surface area contributed by atoms with Gasteiger partial charge in [0.1, 0.15) is 17.9 Å². The maximum atomic E-state index is 15.6. The molecule has 2 N–H and O–H groups in total. The SMILES string of the molecule is CC1CN(c2c(F)cc3c(=O)c(C(=O)NCc4ccc(Cl)cc4Cl)cn4c3c2OC[C@@H]4C)CC(C)N1. The first kappa shape index (κ1) is 24.9. The van der Waals surface area contributed by atoms with E-state index in [2.05, 4.69) is 10.6 Å². The number of piperazine rings is 1. The van der Waals surface area contributed by atoms with E-state index in [0.29, 0.717) is 52.3 Å². The minimum atomic E-state index is -0.564. The molecule has 1 amide bonds. The van der Waals surface area contributed by atoms with Crippen LogP contribution in [0, 0.1) is 5.82 Å². The number of hydrogen-bond acceptors (Lipinski definition) is 5. The van der Waals surface area contributed by atoms with E-state index in [4.69, 9.17) is 27.9 Å². The number of benzene rings is 2. The fourth-order valence-corrected chi connectivity index (χ4v) is 5.59. The van der Waals surface area contributed by atoms with Gasteiger partial charge in [-0.1, -0.05) is 29.3 Å². The van der Waals surface area contributed by atoms with Crippen molar-refractivity contribution in [3.63, 3.8) is 0 Å². The van der Waals surface area contributed by atoms with Gasteiger partial charge in [0.15, 0.2) is 11.6 Å². The molecule has 0 bridgehead atoms. The molecule has 36 heavy (non-hydrogen) atoms. The number of hydrogen-bond donors (Lipinski definition) is 2. The lowest BCUT2D eigenvalue weighted by molar-refractivity contribution is 0.0948. The molecule has 2 aromatic carbocycles. The molecule has 0 saturated carbocycles. The molecule has 10 heteroatoms. The van der Waals surface area contributed by atoms with Crippen LogP contribution >= 0.6 is 23.2 Å². The highest BCUT2D eigenvalue weighted by Crippen LogP contribution is 2.42. The number of nitrogens with zero attached hydrogens (tertiary/aromatic N) is 2. The molecule has 3 atom stereocenters. The molecule has 1 saturated heterocycles. The Labute approximate surface area is 218 Å². The molecule has 2 aliphatic heterocycles. The molecule has 0 radical (unpaired) electrons. The summed E-state index contributed by atoms with van der Waals surface area (Å²) in [4.78, 5) is 28.5. The van der Waals surface area contributed by atoms with E-state index in [1.165, 1.54) is 6.07 Å². The third-order valence-corrected chi connectivity index (χ3v) is 7.30. The van der Waals surface area contributed by atoms with Gasteiger partial charge in [-0.25, -0.2) is 4.39 Å².